The molecule has 1 heterocycles. The van der Waals surface area contributed by atoms with Crippen LogP contribution in [0.15, 0.2) is 42.6 Å². The van der Waals surface area contributed by atoms with Crippen molar-refractivity contribution in [2.45, 2.75) is 25.3 Å². The highest BCUT2D eigenvalue weighted by Crippen LogP contribution is 2.31. The van der Waals surface area contributed by atoms with Crippen LogP contribution in [0, 0.1) is 0 Å². The largest absolute Gasteiger partial charge is 0.497 e. The molecule has 1 unspecified atom stereocenters. The maximum atomic E-state index is 5.18. The Hall–Kier alpha value is -2.03. The van der Waals surface area contributed by atoms with E-state index in [-0.39, 0.29) is 0 Å². The highest BCUT2D eigenvalue weighted by molar-refractivity contribution is 5.48. The van der Waals surface area contributed by atoms with Crippen LogP contribution in [0.25, 0.3) is 0 Å². The Morgan fingerprint density at radius 3 is 2.84 bits per heavy atom. The molecule has 1 aromatic carbocycles. The summed E-state index contributed by atoms with van der Waals surface area (Å²) in [4.78, 5) is 4.54. The number of hydrogen-bond acceptors (Lipinski definition) is 3. The average molecular weight is 254 g/mol. The van der Waals surface area contributed by atoms with Gasteiger partial charge in [0.15, 0.2) is 0 Å². The molecule has 1 aliphatic carbocycles. The normalized spacial score (nSPS) is 17.6. The Balaban J connectivity index is 1.80. The second-order valence-electron chi connectivity index (χ2n) is 4.87. The van der Waals surface area contributed by atoms with E-state index in [1.807, 2.05) is 24.4 Å². The third-order valence-electron chi connectivity index (χ3n) is 3.63. The van der Waals surface area contributed by atoms with Crippen LogP contribution in [0.4, 0.5) is 5.69 Å². The number of nitrogens with zero attached hydrogens (tertiary/aromatic N) is 1. The zero-order chi connectivity index (χ0) is 13.1. The molecular weight excluding hydrogens is 236 g/mol. The first-order valence-corrected chi connectivity index (χ1v) is 6.71. The van der Waals surface area contributed by atoms with Crippen molar-refractivity contribution in [1.82, 2.24) is 4.98 Å². The van der Waals surface area contributed by atoms with Crippen LogP contribution in [0.5, 0.6) is 5.75 Å². The Morgan fingerprint density at radius 1 is 1.21 bits per heavy atom. The first kappa shape index (κ1) is 12.0. The molecule has 3 rings (SSSR count). The van der Waals surface area contributed by atoms with Crippen molar-refractivity contribution in [1.29, 1.82) is 0 Å². The van der Waals surface area contributed by atoms with Gasteiger partial charge in [0.1, 0.15) is 5.75 Å². The summed E-state index contributed by atoms with van der Waals surface area (Å²) < 4.78 is 5.18. The Kier molecular flexibility index (Phi) is 3.36. The number of benzene rings is 1. The minimum absolute atomic E-state index is 0.318. The molecule has 0 aliphatic heterocycles. The van der Waals surface area contributed by atoms with Crippen molar-refractivity contribution in [2.75, 3.05) is 12.4 Å². The highest BCUT2D eigenvalue weighted by Gasteiger charge is 2.20. The van der Waals surface area contributed by atoms with Gasteiger partial charge in [0.2, 0.25) is 0 Å². The van der Waals surface area contributed by atoms with E-state index in [0.29, 0.717) is 6.04 Å². The number of rotatable bonds is 3. The molecule has 0 amide bonds. The molecule has 1 N–H and O–H groups in total. The Labute approximate surface area is 113 Å². The third kappa shape index (κ3) is 2.55. The predicted molar refractivity (Wildman–Crippen MR) is 76.5 cm³/mol. The van der Waals surface area contributed by atoms with Crippen molar-refractivity contribution in [3.05, 3.63) is 53.9 Å². The molecule has 0 fully saturated rings. The predicted octanol–water partition coefficient (Wildman–Crippen LogP) is 3.58. The van der Waals surface area contributed by atoms with Gasteiger partial charge in [0, 0.05) is 11.9 Å². The zero-order valence-electron chi connectivity index (χ0n) is 11.1. The molecule has 2 aromatic rings. The second-order valence-corrected chi connectivity index (χ2v) is 4.87. The molecule has 0 radical (unpaired) electrons. The van der Waals surface area contributed by atoms with Gasteiger partial charge in [0.25, 0.3) is 0 Å². The molecule has 19 heavy (non-hydrogen) atoms. The molecule has 0 spiro atoms. The zero-order valence-corrected chi connectivity index (χ0v) is 11.1. The van der Waals surface area contributed by atoms with Crippen LogP contribution in [-0.4, -0.2) is 12.1 Å². The van der Waals surface area contributed by atoms with Gasteiger partial charge < -0.3 is 10.1 Å². The fourth-order valence-corrected chi connectivity index (χ4v) is 2.64. The molecule has 3 nitrogen and oxygen atoms in total. The second kappa shape index (κ2) is 5.31. The summed E-state index contributed by atoms with van der Waals surface area (Å²) in [6.45, 7) is 0. The van der Waals surface area contributed by atoms with E-state index >= 15 is 0 Å². The van der Waals surface area contributed by atoms with Crippen LogP contribution < -0.4 is 10.1 Å². The summed E-state index contributed by atoms with van der Waals surface area (Å²) in [5, 5.41) is 3.57. The van der Waals surface area contributed by atoms with Gasteiger partial charge >= 0.3 is 0 Å². The fraction of sp³-hybridized carbons (Fsp3) is 0.312. The molecule has 1 aromatic heterocycles. The van der Waals surface area contributed by atoms with Crippen molar-refractivity contribution >= 4 is 5.69 Å². The molecule has 1 aliphatic rings. The maximum Gasteiger partial charge on any atom is 0.119 e. The minimum atomic E-state index is 0.318. The summed E-state index contributed by atoms with van der Waals surface area (Å²) in [6.07, 6.45) is 5.37. The lowest BCUT2D eigenvalue weighted by Gasteiger charge is -2.26. The summed E-state index contributed by atoms with van der Waals surface area (Å²) in [5.41, 5.74) is 3.69. The van der Waals surface area contributed by atoms with Gasteiger partial charge in [-0.3, -0.25) is 4.98 Å². The molecule has 98 valence electrons. The summed E-state index contributed by atoms with van der Waals surface area (Å²) in [7, 11) is 1.68. The molecule has 1 atom stereocenters. The van der Waals surface area contributed by atoms with Crippen molar-refractivity contribution in [2.24, 2.45) is 0 Å². The molecule has 0 saturated carbocycles. The van der Waals surface area contributed by atoms with Gasteiger partial charge in [-0.05, 0) is 55.2 Å². The number of hydrogen-bond donors (Lipinski definition) is 1. The fourth-order valence-electron chi connectivity index (χ4n) is 2.64. The molecular formula is C16H18N2O. The first-order chi connectivity index (χ1) is 9.36. The summed E-state index contributed by atoms with van der Waals surface area (Å²) in [6, 6.07) is 12.6. The Morgan fingerprint density at radius 2 is 2.05 bits per heavy atom. The van der Waals surface area contributed by atoms with Crippen molar-refractivity contribution in [3.8, 4) is 5.75 Å². The van der Waals surface area contributed by atoms with Gasteiger partial charge in [-0.25, -0.2) is 0 Å². The first-order valence-electron chi connectivity index (χ1n) is 6.71. The van der Waals surface area contributed by atoms with Gasteiger partial charge in [-0.15, -0.1) is 0 Å². The van der Waals surface area contributed by atoms with E-state index in [9.17, 15) is 0 Å². The van der Waals surface area contributed by atoms with Crippen LogP contribution in [0.1, 0.15) is 30.1 Å². The van der Waals surface area contributed by atoms with E-state index in [0.717, 1.165) is 24.3 Å². The maximum absolute atomic E-state index is 5.18. The van der Waals surface area contributed by atoms with Crippen LogP contribution in [-0.2, 0) is 6.42 Å². The van der Waals surface area contributed by atoms with Crippen LogP contribution in [0.2, 0.25) is 0 Å². The number of ether oxygens (including phenoxy) is 1. The van der Waals surface area contributed by atoms with Gasteiger partial charge in [-0.2, -0.15) is 0 Å². The average Bonchev–Trinajstić information content (AvgIpc) is 2.48. The lowest BCUT2D eigenvalue weighted by Crippen LogP contribution is -2.18. The van der Waals surface area contributed by atoms with Crippen LogP contribution >= 0.6 is 0 Å². The van der Waals surface area contributed by atoms with E-state index in [4.69, 9.17) is 4.74 Å². The number of fused-ring (bicyclic) bond motifs is 1. The molecule has 0 bridgehead atoms. The van der Waals surface area contributed by atoms with Crippen LogP contribution in [0.3, 0.4) is 0 Å². The molecule has 0 saturated heterocycles. The Bertz CT molecular complexity index is 551. The number of pyridine rings is 1. The molecule has 3 heteroatoms. The van der Waals surface area contributed by atoms with Crippen molar-refractivity contribution in [3.63, 3.8) is 0 Å². The van der Waals surface area contributed by atoms with E-state index in [1.165, 1.54) is 17.7 Å². The number of methoxy groups -OCH3 is 1. The number of nitrogens with one attached hydrogen (secondary N) is 1. The lowest BCUT2D eigenvalue weighted by atomic mass is 9.92. The highest BCUT2D eigenvalue weighted by atomic mass is 16.5. The lowest BCUT2D eigenvalue weighted by molar-refractivity contribution is 0.415. The standard InChI is InChI=1S/C16H18N2O/c1-19-14-9-7-13(8-10-14)18-15-6-2-4-12-5-3-11-17-16(12)15/h3,5,7-11,15,18H,2,4,6H2,1H3. The number of aromatic nitrogens is 1. The van der Waals surface area contributed by atoms with E-state index in [2.05, 4.69) is 28.5 Å². The SMILES string of the molecule is COc1ccc(NC2CCCc3cccnc32)cc1. The monoisotopic (exact) mass is 254 g/mol. The summed E-state index contributed by atoms with van der Waals surface area (Å²) in [5.74, 6) is 0.882. The van der Waals surface area contributed by atoms with Gasteiger partial charge in [-0.1, -0.05) is 6.07 Å². The van der Waals surface area contributed by atoms with Gasteiger partial charge in [0.05, 0.1) is 18.8 Å². The van der Waals surface area contributed by atoms with Crippen molar-refractivity contribution < 1.29 is 4.74 Å². The minimum Gasteiger partial charge on any atom is -0.497 e. The van der Waals surface area contributed by atoms with E-state index < -0.39 is 0 Å². The number of aryl methyl sites for hydroxylation is 1. The number of anilines is 1. The summed E-state index contributed by atoms with van der Waals surface area (Å²) >= 11 is 0. The topological polar surface area (TPSA) is 34.1 Å². The smallest absolute Gasteiger partial charge is 0.119 e. The quantitative estimate of drug-likeness (QED) is 0.909. The third-order valence-corrected chi connectivity index (χ3v) is 3.63. The van der Waals surface area contributed by atoms with E-state index in [1.54, 1.807) is 7.11 Å².